The number of rotatable bonds is 6. The summed E-state index contributed by atoms with van der Waals surface area (Å²) in [6.45, 7) is 4.50. The Morgan fingerprint density at radius 3 is 2.40 bits per heavy atom. The number of aromatic nitrogens is 3. The van der Waals surface area contributed by atoms with Crippen molar-refractivity contribution in [3.05, 3.63) is 60.2 Å². The van der Waals surface area contributed by atoms with Gasteiger partial charge in [-0.15, -0.1) is 27.2 Å². The summed E-state index contributed by atoms with van der Waals surface area (Å²) in [6.07, 6.45) is 0. The molecule has 0 amide bonds. The molecule has 158 valence electrons. The first kappa shape index (κ1) is 22.7. The highest BCUT2D eigenvalue weighted by molar-refractivity contribution is 8.93. The number of halogens is 1. The molecule has 7 nitrogen and oxygen atoms in total. The van der Waals surface area contributed by atoms with Crippen molar-refractivity contribution in [1.82, 2.24) is 19.2 Å². The van der Waals surface area contributed by atoms with Crippen molar-refractivity contribution in [2.24, 2.45) is 5.10 Å². The van der Waals surface area contributed by atoms with E-state index in [0.29, 0.717) is 35.4 Å². The van der Waals surface area contributed by atoms with E-state index in [0.717, 1.165) is 11.3 Å². The maximum absolute atomic E-state index is 12.9. The van der Waals surface area contributed by atoms with Gasteiger partial charge in [0, 0.05) is 24.4 Å². The number of hydrogen-bond acceptors (Lipinski definition) is 6. The minimum atomic E-state index is -3.55. The number of sulfonamides is 1. The van der Waals surface area contributed by atoms with Gasteiger partial charge in [-0.3, -0.25) is 0 Å². The van der Waals surface area contributed by atoms with Gasteiger partial charge in [0.1, 0.15) is 0 Å². The molecule has 0 radical (unpaired) electrons. The van der Waals surface area contributed by atoms with E-state index >= 15 is 0 Å². The van der Waals surface area contributed by atoms with Crippen molar-refractivity contribution in [2.45, 2.75) is 23.9 Å². The highest BCUT2D eigenvalue weighted by atomic mass is 79.9. The van der Waals surface area contributed by atoms with Crippen LogP contribution in [0.5, 0.6) is 0 Å². The molecular formula is C20H22BrN5O2S2. The lowest BCUT2D eigenvalue weighted by atomic mass is 10.1. The van der Waals surface area contributed by atoms with E-state index in [9.17, 15) is 8.42 Å². The van der Waals surface area contributed by atoms with Crippen LogP contribution in [0.2, 0.25) is 0 Å². The zero-order chi connectivity index (χ0) is 20.4. The molecule has 0 N–H and O–H groups in total. The van der Waals surface area contributed by atoms with Gasteiger partial charge in [0.2, 0.25) is 15.2 Å². The molecule has 2 heterocycles. The normalized spacial score (nSPS) is 13.5. The zero-order valence-electron chi connectivity index (χ0n) is 16.6. The second-order valence-electron chi connectivity index (χ2n) is 6.44. The monoisotopic (exact) mass is 507 g/mol. The Bertz CT molecular complexity index is 1160. The van der Waals surface area contributed by atoms with Gasteiger partial charge in [-0.25, -0.2) is 8.42 Å². The van der Waals surface area contributed by atoms with Crippen LogP contribution in [0, 0.1) is 0 Å². The summed E-state index contributed by atoms with van der Waals surface area (Å²) in [5, 5.41) is 13.9. The quantitative estimate of drug-likeness (QED) is 0.505. The predicted octanol–water partition coefficient (Wildman–Crippen LogP) is 3.91. The maximum Gasteiger partial charge on any atom is 0.243 e. The summed E-state index contributed by atoms with van der Waals surface area (Å²) in [4.78, 5) is 0.242. The second kappa shape index (κ2) is 9.42. The Balaban J connectivity index is 0.00000256. The fraction of sp³-hybridized carbons (Fsp3) is 0.250. The third-order valence-electron chi connectivity index (χ3n) is 4.71. The summed E-state index contributed by atoms with van der Waals surface area (Å²) < 4.78 is 28.9. The molecule has 4 rings (SSSR count). The number of thioether (sulfide) groups is 1. The fourth-order valence-electron chi connectivity index (χ4n) is 3.19. The predicted molar refractivity (Wildman–Crippen MR) is 125 cm³/mol. The molecule has 1 aliphatic heterocycles. The van der Waals surface area contributed by atoms with Crippen molar-refractivity contribution < 1.29 is 8.42 Å². The van der Waals surface area contributed by atoms with E-state index in [2.05, 4.69) is 10.2 Å². The average Bonchev–Trinajstić information content (AvgIpc) is 3.18. The molecule has 0 saturated carbocycles. The highest BCUT2D eigenvalue weighted by Gasteiger charge is 2.24. The SMILES string of the molecule is Br.CCN(CC)S(=O)(=O)c1cccc(-c2nnc3n2N=C(c2ccccc2)CS3)c1. The van der Waals surface area contributed by atoms with Gasteiger partial charge in [0.15, 0.2) is 5.82 Å². The fourth-order valence-corrected chi connectivity index (χ4v) is 5.53. The molecule has 0 saturated heterocycles. The Kier molecular flexibility index (Phi) is 7.12. The molecule has 0 fully saturated rings. The van der Waals surface area contributed by atoms with Crippen molar-refractivity contribution in [2.75, 3.05) is 18.8 Å². The molecule has 1 aliphatic rings. The van der Waals surface area contributed by atoms with E-state index in [1.165, 1.54) is 4.31 Å². The molecule has 0 unspecified atom stereocenters. The van der Waals surface area contributed by atoms with E-state index in [1.807, 2.05) is 50.2 Å². The topological polar surface area (TPSA) is 80.5 Å². The molecule has 0 bridgehead atoms. The molecule has 3 aromatic rings. The molecule has 0 aliphatic carbocycles. The summed E-state index contributed by atoms with van der Waals surface area (Å²) >= 11 is 1.56. The first-order chi connectivity index (χ1) is 14.0. The lowest BCUT2D eigenvalue weighted by Crippen LogP contribution is -2.30. The first-order valence-electron chi connectivity index (χ1n) is 9.36. The second-order valence-corrected chi connectivity index (χ2v) is 9.32. The van der Waals surface area contributed by atoms with Crippen molar-refractivity contribution in [3.8, 4) is 11.4 Å². The molecule has 0 spiro atoms. The van der Waals surface area contributed by atoms with Gasteiger partial charge in [0.25, 0.3) is 0 Å². The molecule has 2 aromatic carbocycles. The van der Waals surface area contributed by atoms with Crippen LogP contribution in [-0.2, 0) is 10.0 Å². The van der Waals surface area contributed by atoms with Crippen molar-refractivity contribution in [1.29, 1.82) is 0 Å². The van der Waals surface area contributed by atoms with Gasteiger partial charge < -0.3 is 0 Å². The van der Waals surface area contributed by atoms with Crippen molar-refractivity contribution in [3.63, 3.8) is 0 Å². The Morgan fingerprint density at radius 2 is 1.70 bits per heavy atom. The summed E-state index contributed by atoms with van der Waals surface area (Å²) in [5.41, 5.74) is 2.63. The first-order valence-corrected chi connectivity index (χ1v) is 11.8. The van der Waals surface area contributed by atoms with Crippen LogP contribution < -0.4 is 0 Å². The number of benzene rings is 2. The van der Waals surface area contributed by atoms with E-state index < -0.39 is 10.0 Å². The van der Waals surface area contributed by atoms with Crippen LogP contribution in [0.4, 0.5) is 0 Å². The van der Waals surface area contributed by atoms with Crippen LogP contribution in [0.15, 0.2) is 69.8 Å². The smallest absolute Gasteiger partial charge is 0.207 e. The molecule has 1 aromatic heterocycles. The van der Waals surface area contributed by atoms with Crippen LogP contribution in [0.3, 0.4) is 0 Å². The minimum Gasteiger partial charge on any atom is -0.207 e. The summed E-state index contributed by atoms with van der Waals surface area (Å²) in [5.74, 6) is 1.23. The lowest BCUT2D eigenvalue weighted by molar-refractivity contribution is 0.445. The van der Waals surface area contributed by atoms with Crippen LogP contribution in [0.25, 0.3) is 11.4 Å². The van der Waals surface area contributed by atoms with Crippen molar-refractivity contribution >= 4 is 44.5 Å². The highest BCUT2D eigenvalue weighted by Crippen LogP contribution is 2.30. The number of fused-ring (bicyclic) bond motifs is 1. The van der Waals surface area contributed by atoms with Crippen LogP contribution in [0.1, 0.15) is 19.4 Å². The van der Waals surface area contributed by atoms with E-state index in [4.69, 9.17) is 5.10 Å². The van der Waals surface area contributed by atoms with Gasteiger partial charge in [0.05, 0.1) is 10.6 Å². The Hall–Kier alpha value is -2.01. The molecule has 0 atom stereocenters. The Labute approximate surface area is 191 Å². The molecular weight excluding hydrogens is 486 g/mol. The molecule has 10 heteroatoms. The van der Waals surface area contributed by atoms with Gasteiger partial charge in [-0.2, -0.15) is 14.1 Å². The lowest BCUT2D eigenvalue weighted by Gasteiger charge is -2.19. The molecule has 30 heavy (non-hydrogen) atoms. The van der Waals surface area contributed by atoms with Gasteiger partial charge in [-0.05, 0) is 17.7 Å². The average molecular weight is 508 g/mol. The third-order valence-corrected chi connectivity index (χ3v) is 7.69. The van der Waals surface area contributed by atoms with E-state index in [1.54, 1.807) is 34.6 Å². The zero-order valence-corrected chi connectivity index (χ0v) is 19.9. The van der Waals surface area contributed by atoms with Crippen LogP contribution in [-0.4, -0.2) is 52.2 Å². The van der Waals surface area contributed by atoms with Gasteiger partial charge in [-0.1, -0.05) is 68.1 Å². The third kappa shape index (κ3) is 4.22. The van der Waals surface area contributed by atoms with E-state index in [-0.39, 0.29) is 21.9 Å². The Morgan fingerprint density at radius 1 is 1.00 bits per heavy atom. The van der Waals surface area contributed by atoms with Gasteiger partial charge >= 0.3 is 0 Å². The van der Waals surface area contributed by atoms with Crippen LogP contribution >= 0.6 is 28.7 Å². The largest absolute Gasteiger partial charge is 0.243 e. The standard InChI is InChI=1S/C20H21N5O2S2.BrH/c1-3-24(4-2)29(26,27)17-12-8-11-16(13-17)19-21-22-20-25(19)23-18(14-28-20)15-9-6-5-7-10-15;/h5-13H,3-4,14H2,1-2H3;1H. The summed E-state index contributed by atoms with van der Waals surface area (Å²) in [6, 6.07) is 16.8. The number of nitrogens with zero attached hydrogens (tertiary/aromatic N) is 5. The number of hydrogen-bond donors (Lipinski definition) is 0. The summed E-state index contributed by atoms with van der Waals surface area (Å²) in [7, 11) is -3.55. The maximum atomic E-state index is 12.9. The minimum absolute atomic E-state index is 0.